The summed E-state index contributed by atoms with van der Waals surface area (Å²) in [6, 6.07) is 6.22. The third kappa shape index (κ3) is 4.45. The number of nitrogens with two attached hydrogens (primary N) is 1. The van der Waals surface area contributed by atoms with Gasteiger partial charge in [-0.15, -0.1) is 0 Å². The van der Waals surface area contributed by atoms with Crippen LogP contribution in [0.5, 0.6) is 0 Å². The van der Waals surface area contributed by atoms with Gasteiger partial charge in [0.05, 0.1) is 0 Å². The molecule has 1 nitrogen and oxygen atoms in total. The average Bonchev–Trinajstić information content (AvgIpc) is 2.23. The van der Waals surface area contributed by atoms with Gasteiger partial charge >= 0.3 is 0 Å². The molecule has 84 valence electrons. The van der Waals surface area contributed by atoms with Crippen LogP contribution in [0, 0.1) is 12.8 Å². The third-order valence-electron chi connectivity index (χ3n) is 2.30. The maximum absolute atomic E-state index is 5.96. The van der Waals surface area contributed by atoms with E-state index >= 15 is 0 Å². The lowest BCUT2D eigenvalue weighted by molar-refractivity contribution is 0.675. The lowest BCUT2D eigenvalue weighted by Gasteiger charge is -2.08. The molecule has 0 aliphatic heterocycles. The molecule has 0 aliphatic carbocycles. The van der Waals surface area contributed by atoms with E-state index in [9.17, 15) is 0 Å². The van der Waals surface area contributed by atoms with Crippen LogP contribution in [-0.2, 0) is 5.75 Å². The molecule has 0 aromatic heterocycles. The van der Waals surface area contributed by atoms with Crippen molar-refractivity contribution in [1.29, 1.82) is 0 Å². The minimum atomic E-state index is 0.600. The fourth-order valence-electron chi connectivity index (χ4n) is 1.24. The maximum Gasteiger partial charge on any atom is 0.0435 e. The summed E-state index contributed by atoms with van der Waals surface area (Å²) in [6.45, 7) is 4.99. The lowest BCUT2D eigenvalue weighted by atomic mass is 10.2. The highest BCUT2D eigenvalue weighted by Gasteiger charge is 2.01. The minimum absolute atomic E-state index is 0.600. The van der Waals surface area contributed by atoms with Crippen LogP contribution in [0.3, 0.4) is 0 Å². The lowest BCUT2D eigenvalue weighted by Crippen LogP contribution is -2.12. The molecule has 1 unspecified atom stereocenters. The van der Waals surface area contributed by atoms with E-state index in [-0.39, 0.29) is 0 Å². The van der Waals surface area contributed by atoms with Gasteiger partial charge in [-0.25, -0.2) is 0 Å². The second kappa shape index (κ2) is 6.41. The SMILES string of the molecule is Cc1cc(CSCC(C)CN)ccc1Cl. The van der Waals surface area contributed by atoms with E-state index < -0.39 is 0 Å². The van der Waals surface area contributed by atoms with Crippen molar-refractivity contribution in [3.63, 3.8) is 0 Å². The van der Waals surface area contributed by atoms with Gasteiger partial charge in [0.2, 0.25) is 0 Å². The number of rotatable bonds is 5. The Bertz CT molecular complexity index is 314. The quantitative estimate of drug-likeness (QED) is 0.857. The molecule has 1 atom stereocenters. The molecule has 0 heterocycles. The Kier molecular flexibility index (Phi) is 5.51. The molecule has 1 aromatic rings. The second-order valence-electron chi connectivity index (χ2n) is 3.94. The van der Waals surface area contributed by atoms with Crippen molar-refractivity contribution in [2.45, 2.75) is 19.6 Å². The van der Waals surface area contributed by atoms with Crippen LogP contribution < -0.4 is 5.73 Å². The van der Waals surface area contributed by atoms with Crippen LogP contribution in [0.25, 0.3) is 0 Å². The van der Waals surface area contributed by atoms with Gasteiger partial charge in [-0.2, -0.15) is 11.8 Å². The Morgan fingerprint density at radius 2 is 2.20 bits per heavy atom. The molecule has 0 bridgehead atoms. The molecular weight excluding hydrogens is 226 g/mol. The first-order valence-electron chi connectivity index (χ1n) is 5.16. The van der Waals surface area contributed by atoms with Crippen molar-refractivity contribution in [2.75, 3.05) is 12.3 Å². The van der Waals surface area contributed by atoms with E-state index in [0.29, 0.717) is 5.92 Å². The van der Waals surface area contributed by atoms with Crippen LogP contribution in [0.15, 0.2) is 18.2 Å². The standard InChI is InChI=1S/C12H18ClNS/c1-9(6-14)7-15-8-11-3-4-12(13)10(2)5-11/h3-5,9H,6-8,14H2,1-2H3. The van der Waals surface area contributed by atoms with Gasteiger partial charge in [0.1, 0.15) is 0 Å². The van der Waals surface area contributed by atoms with E-state index in [4.69, 9.17) is 17.3 Å². The molecule has 0 saturated carbocycles. The molecule has 0 aliphatic rings. The first-order chi connectivity index (χ1) is 7.13. The summed E-state index contributed by atoms with van der Waals surface area (Å²) in [6.07, 6.45) is 0. The van der Waals surface area contributed by atoms with Crippen LogP contribution >= 0.6 is 23.4 Å². The zero-order chi connectivity index (χ0) is 11.3. The normalized spacial score (nSPS) is 12.8. The zero-order valence-electron chi connectivity index (χ0n) is 9.29. The van der Waals surface area contributed by atoms with Crippen LogP contribution in [-0.4, -0.2) is 12.3 Å². The molecule has 2 N–H and O–H groups in total. The summed E-state index contributed by atoms with van der Waals surface area (Å²) < 4.78 is 0. The molecule has 1 rings (SSSR count). The highest BCUT2D eigenvalue weighted by Crippen LogP contribution is 2.20. The Morgan fingerprint density at radius 3 is 2.80 bits per heavy atom. The predicted molar refractivity (Wildman–Crippen MR) is 70.6 cm³/mol. The van der Waals surface area contributed by atoms with E-state index in [1.807, 2.05) is 24.8 Å². The summed E-state index contributed by atoms with van der Waals surface area (Å²) >= 11 is 7.89. The van der Waals surface area contributed by atoms with Crippen LogP contribution in [0.1, 0.15) is 18.1 Å². The average molecular weight is 244 g/mol. The van der Waals surface area contributed by atoms with Crippen LogP contribution in [0.4, 0.5) is 0 Å². The Balaban J connectivity index is 2.41. The summed E-state index contributed by atoms with van der Waals surface area (Å²) in [5.41, 5.74) is 8.06. The maximum atomic E-state index is 5.96. The molecule has 0 radical (unpaired) electrons. The highest BCUT2D eigenvalue weighted by atomic mass is 35.5. The van der Waals surface area contributed by atoms with Crippen molar-refractivity contribution in [3.8, 4) is 0 Å². The summed E-state index contributed by atoms with van der Waals surface area (Å²) in [5.74, 6) is 2.77. The Labute approximate surface area is 101 Å². The molecular formula is C12H18ClNS. The summed E-state index contributed by atoms with van der Waals surface area (Å²) in [5, 5.41) is 0.846. The Morgan fingerprint density at radius 1 is 1.47 bits per heavy atom. The number of aryl methyl sites for hydroxylation is 1. The topological polar surface area (TPSA) is 26.0 Å². The molecule has 3 heteroatoms. The predicted octanol–water partition coefficient (Wildman–Crippen LogP) is 3.48. The van der Waals surface area contributed by atoms with Gasteiger partial charge in [0.15, 0.2) is 0 Å². The number of hydrogen-bond acceptors (Lipinski definition) is 2. The molecule has 0 saturated heterocycles. The van der Waals surface area contributed by atoms with Gasteiger partial charge in [-0.1, -0.05) is 30.7 Å². The monoisotopic (exact) mass is 243 g/mol. The van der Waals surface area contributed by atoms with E-state index in [2.05, 4.69) is 19.1 Å². The molecule has 1 aromatic carbocycles. The van der Waals surface area contributed by atoms with Crippen molar-refractivity contribution < 1.29 is 0 Å². The summed E-state index contributed by atoms with van der Waals surface area (Å²) in [7, 11) is 0. The largest absolute Gasteiger partial charge is 0.330 e. The van der Waals surface area contributed by atoms with E-state index in [1.54, 1.807) is 0 Å². The van der Waals surface area contributed by atoms with Gasteiger partial charge < -0.3 is 5.73 Å². The van der Waals surface area contributed by atoms with Gasteiger partial charge in [-0.05, 0) is 42.3 Å². The van der Waals surface area contributed by atoms with E-state index in [0.717, 1.165) is 28.6 Å². The fraction of sp³-hybridized carbons (Fsp3) is 0.500. The molecule has 0 fully saturated rings. The molecule has 0 spiro atoms. The number of halogens is 1. The van der Waals surface area contributed by atoms with E-state index in [1.165, 1.54) is 5.56 Å². The first-order valence-corrected chi connectivity index (χ1v) is 6.69. The smallest absolute Gasteiger partial charge is 0.0435 e. The van der Waals surface area contributed by atoms with Crippen molar-refractivity contribution in [1.82, 2.24) is 0 Å². The van der Waals surface area contributed by atoms with Crippen molar-refractivity contribution in [3.05, 3.63) is 34.3 Å². The van der Waals surface area contributed by atoms with Gasteiger partial charge in [-0.3, -0.25) is 0 Å². The second-order valence-corrected chi connectivity index (χ2v) is 5.38. The summed E-state index contributed by atoms with van der Waals surface area (Å²) in [4.78, 5) is 0. The molecule has 15 heavy (non-hydrogen) atoms. The van der Waals surface area contributed by atoms with Gasteiger partial charge in [0.25, 0.3) is 0 Å². The minimum Gasteiger partial charge on any atom is -0.330 e. The number of thioether (sulfide) groups is 1. The van der Waals surface area contributed by atoms with Crippen LogP contribution in [0.2, 0.25) is 5.02 Å². The number of hydrogen-bond donors (Lipinski definition) is 1. The Hall–Kier alpha value is -0.180. The first kappa shape index (κ1) is 12.9. The van der Waals surface area contributed by atoms with Crippen molar-refractivity contribution >= 4 is 23.4 Å². The number of benzene rings is 1. The van der Waals surface area contributed by atoms with Crippen molar-refractivity contribution in [2.24, 2.45) is 11.7 Å². The fourth-order valence-corrected chi connectivity index (χ4v) is 2.43. The third-order valence-corrected chi connectivity index (χ3v) is 4.06. The van der Waals surface area contributed by atoms with Gasteiger partial charge in [0, 0.05) is 10.8 Å². The highest BCUT2D eigenvalue weighted by molar-refractivity contribution is 7.98. The molecule has 0 amide bonds. The zero-order valence-corrected chi connectivity index (χ0v) is 10.9.